The Morgan fingerprint density at radius 1 is 1.23 bits per heavy atom. The highest BCUT2D eigenvalue weighted by Crippen LogP contribution is 2.37. The number of methoxy groups -OCH3 is 1. The fourth-order valence-electron chi connectivity index (χ4n) is 4.17. The van der Waals surface area contributed by atoms with Crippen LogP contribution < -0.4 is 10.1 Å². The van der Waals surface area contributed by atoms with Gasteiger partial charge in [-0.3, -0.25) is 9.67 Å². The summed E-state index contributed by atoms with van der Waals surface area (Å²) in [6.07, 6.45) is 9.09. The van der Waals surface area contributed by atoms with Crippen molar-refractivity contribution in [1.82, 2.24) is 14.8 Å². The Morgan fingerprint density at radius 2 is 2.00 bits per heavy atom. The highest BCUT2D eigenvalue weighted by molar-refractivity contribution is 14.1. The van der Waals surface area contributed by atoms with Gasteiger partial charge in [0.15, 0.2) is 6.23 Å². The lowest BCUT2D eigenvalue weighted by Crippen LogP contribution is -2.22. The molecule has 4 rings (SSSR count). The summed E-state index contributed by atoms with van der Waals surface area (Å²) in [6.45, 7) is 2.31. The Labute approximate surface area is 195 Å². The summed E-state index contributed by atoms with van der Waals surface area (Å²) in [5.41, 5.74) is 2.17. The molecule has 0 aliphatic heterocycles. The van der Waals surface area contributed by atoms with Crippen LogP contribution in [0, 0.1) is 5.92 Å². The molecule has 0 amide bonds. The molecular formula is C22H26ClIN4O2. The number of anilines is 1. The van der Waals surface area contributed by atoms with Gasteiger partial charge in [-0.2, -0.15) is 5.10 Å². The van der Waals surface area contributed by atoms with Crippen molar-refractivity contribution < 1.29 is 9.84 Å². The summed E-state index contributed by atoms with van der Waals surface area (Å²) in [6, 6.07) is 6.00. The lowest BCUT2D eigenvalue weighted by molar-refractivity contribution is 0.207. The van der Waals surface area contributed by atoms with E-state index in [0.29, 0.717) is 28.1 Å². The quantitative estimate of drug-likeness (QED) is 0.237. The molecular weight excluding hydrogens is 515 g/mol. The third-order valence-electron chi connectivity index (χ3n) is 5.94. The van der Waals surface area contributed by atoms with Crippen LogP contribution in [-0.2, 0) is 0 Å². The second kappa shape index (κ2) is 9.28. The molecule has 2 heterocycles. The molecule has 2 N–H and O–H groups in total. The van der Waals surface area contributed by atoms with E-state index >= 15 is 0 Å². The molecule has 160 valence electrons. The number of benzene rings is 1. The van der Waals surface area contributed by atoms with E-state index in [1.807, 2.05) is 12.1 Å². The smallest absolute Gasteiger partial charge is 0.152 e. The van der Waals surface area contributed by atoms with E-state index in [4.69, 9.17) is 21.4 Å². The SMILES string of the molecule is COc1cc2nn(C3CCC(C(C)I)CC3)cc2cc1NC(O)c1cncc(Cl)c1. The third kappa shape index (κ3) is 4.68. The molecule has 6 nitrogen and oxygen atoms in total. The van der Waals surface area contributed by atoms with Crippen LogP contribution >= 0.6 is 34.2 Å². The number of halogens is 2. The van der Waals surface area contributed by atoms with Crippen molar-refractivity contribution in [3.8, 4) is 5.75 Å². The maximum atomic E-state index is 10.6. The molecule has 30 heavy (non-hydrogen) atoms. The van der Waals surface area contributed by atoms with Crippen molar-refractivity contribution in [2.24, 2.45) is 5.92 Å². The molecule has 8 heteroatoms. The predicted octanol–water partition coefficient (Wildman–Crippen LogP) is 5.75. The first-order chi connectivity index (χ1) is 14.4. The second-order valence-electron chi connectivity index (χ2n) is 7.95. The van der Waals surface area contributed by atoms with Crippen LogP contribution in [-0.4, -0.2) is 30.9 Å². The number of hydrogen-bond acceptors (Lipinski definition) is 5. The van der Waals surface area contributed by atoms with Crippen molar-refractivity contribution in [3.05, 3.63) is 47.4 Å². The fourth-order valence-corrected chi connectivity index (χ4v) is 5.08. The summed E-state index contributed by atoms with van der Waals surface area (Å²) in [7, 11) is 1.61. The molecule has 1 aliphatic rings. The highest BCUT2D eigenvalue weighted by Gasteiger charge is 2.25. The first kappa shape index (κ1) is 21.6. The zero-order valence-electron chi connectivity index (χ0n) is 17.1. The zero-order chi connectivity index (χ0) is 21.3. The standard InChI is InChI=1S/C22H26ClIN4O2/c1-13(24)14-3-5-18(6-4-14)28-12-16-8-20(21(30-2)9-19(16)27-28)26-22(29)15-7-17(23)11-25-10-15/h7-14,18,22,26,29H,3-6H2,1-2H3. The van der Waals surface area contributed by atoms with Crippen LogP contribution in [0.1, 0.15) is 50.4 Å². The minimum absolute atomic E-state index is 0.439. The maximum Gasteiger partial charge on any atom is 0.152 e. The molecule has 0 bridgehead atoms. The number of fused-ring (bicyclic) bond motifs is 1. The van der Waals surface area contributed by atoms with Crippen LogP contribution in [0.15, 0.2) is 36.8 Å². The molecule has 1 aromatic carbocycles. The van der Waals surface area contributed by atoms with Crippen molar-refractivity contribution in [3.63, 3.8) is 0 Å². The first-order valence-electron chi connectivity index (χ1n) is 10.2. The van der Waals surface area contributed by atoms with Gasteiger partial charge in [-0.15, -0.1) is 0 Å². The summed E-state index contributed by atoms with van der Waals surface area (Å²) in [5.74, 6) is 1.44. The van der Waals surface area contributed by atoms with E-state index in [1.54, 1.807) is 19.4 Å². The monoisotopic (exact) mass is 540 g/mol. The van der Waals surface area contributed by atoms with Gasteiger partial charge >= 0.3 is 0 Å². The number of aliphatic hydroxyl groups excluding tert-OH is 1. The van der Waals surface area contributed by atoms with Gasteiger partial charge in [0.05, 0.1) is 29.4 Å². The number of rotatable bonds is 6. The average Bonchev–Trinajstić information content (AvgIpc) is 3.16. The van der Waals surface area contributed by atoms with Gasteiger partial charge in [-0.05, 0) is 43.7 Å². The number of hydrogen-bond donors (Lipinski definition) is 2. The Kier molecular flexibility index (Phi) is 6.69. The molecule has 0 spiro atoms. The van der Waals surface area contributed by atoms with E-state index in [0.717, 1.165) is 33.6 Å². The van der Waals surface area contributed by atoms with Crippen LogP contribution in [0.4, 0.5) is 5.69 Å². The molecule has 2 atom stereocenters. The van der Waals surface area contributed by atoms with Crippen LogP contribution in [0.2, 0.25) is 5.02 Å². The predicted molar refractivity (Wildman–Crippen MR) is 129 cm³/mol. The van der Waals surface area contributed by atoms with E-state index in [9.17, 15) is 5.11 Å². The zero-order valence-corrected chi connectivity index (χ0v) is 20.0. The van der Waals surface area contributed by atoms with E-state index < -0.39 is 6.23 Å². The van der Waals surface area contributed by atoms with Crippen molar-refractivity contribution >= 4 is 50.8 Å². The average molecular weight is 541 g/mol. The normalized spacial score (nSPS) is 21.4. The van der Waals surface area contributed by atoms with E-state index in [-0.39, 0.29) is 0 Å². The molecule has 1 fully saturated rings. The van der Waals surface area contributed by atoms with E-state index in [1.165, 1.54) is 19.0 Å². The Bertz CT molecular complexity index is 1020. The molecule has 0 saturated heterocycles. The lowest BCUT2D eigenvalue weighted by atomic mass is 9.84. The number of nitrogens with zero attached hydrogens (tertiary/aromatic N) is 3. The maximum absolute atomic E-state index is 10.6. The minimum Gasteiger partial charge on any atom is -0.495 e. The van der Waals surface area contributed by atoms with Crippen LogP contribution in [0.25, 0.3) is 10.9 Å². The van der Waals surface area contributed by atoms with Crippen molar-refractivity contribution in [2.45, 2.75) is 48.8 Å². The molecule has 3 aromatic rings. The number of pyridine rings is 1. The molecule has 2 unspecified atom stereocenters. The lowest BCUT2D eigenvalue weighted by Gasteiger charge is -2.30. The minimum atomic E-state index is -0.955. The molecule has 1 saturated carbocycles. The largest absolute Gasteiger partial charge is 0.495 e. The van der Waals surface area contributed by atoms with Crippen molar-refractivity contribution in [1.29, 1.82) is 0 Å². The number of aliphatic hydroxyl groups is 1. The van der Waals surface area contributed by atoms with Gasteiger partial charge in [0.25, 0.3) is 0 Å². The number of nitrogens with one attached hydrogen (secondary N) is 1. The Balaban J connectivity index is 1.56. The molecule has 1 aliphatic carbocycles. The van der Waals surface area contributed by atoms with Gasteiger partial charge in [0.1, 0.15) is 5.75 Å². The van der Waals surface area contributed by atoms with Gasteiger partial charge in [0, 0.05) is 39.5 Å². The van der Waals surface area contributed by atoms with Gasteiger partial charge < -0.3 is 15.2 Å². The summed E-state index contributed by atoms with van der Waals surface area (Å²) in [4.78, 5) is 4.03. The Hall–Kier alpha value is -1.58. The fraction of sp³-hybridized carbons (Fsp3) is 0.455. The number of aromatic nitrogens is 3. The Morgan fingerprint density at radius 3 is 2.67 bits per heavy atom. The van der Waals surface area contributed by atoms with Gasteiger partial charge in [-0.1, -0.05) is 41.1 Å². The van der Waals surface area contributed by atoms with Crippen LogP contribution in [0.5, 0.6) is 5.75 Å². The van der Waals surface area contributed by atoms with Crippen molar-refractivity contribution in [2.75, 3.05) is 12.4 Å². The molecule has 2 aromatic heterocycles. The summed E-state index contributed by atoms with van der Waals surface area (Å²) in [5, 5.41) is 20.0. The van der Waals surface area contributed by atoms with Crippen LogP contribution in [0.3, 0.4) is 0 Å². The number of ether oxygens (including phenoxy) is 1. The summed E-state index contributed by atoms with van der Waals surface area (Å²) < 4.78 is 8.38. The van der Waals surface area contributed by atoms with E-state index in [2.05, 4.69) is 50.7 Å². The summed E-state index contributed by atoms with van der Waals surface area (Å²) >= 11 is 8.54. The van der Waals surface area contributed by atoms with Gasteiger partial charge in [0.2, 0.25) is 0 Å². The number of alkyl halides is 1. The topological polar surface area (TPSA) is 72.2 Å². The first-order valence-corrected chi connectivity index (χ1v) is 11.8. The third-order valence-corrected chi connectivity index (χ3v) is 7.17. The second-order valence-corrected chi connectivity index (χ2v) is 10.4. The molecule has 0 radical (unpaired) electrons. The highest BCUT2D eigenvalue weighted by atomic mass is 127. The van der Waals surface area contributed by atoms with Gasteiger partial charge in [-0.25, -0.2) is 0 Å².